The number of alkyl halides is 1. The quantitative estimate of drug-likeness (QED) is 0.0150. The summed E-state index contributed by atoms with van der Waals surface area (Å²) in [4.78, 5) is 31.5. The Morgan fingerprint density at radius 3 is 1.18 bits per heavy atom. The van der Waals surface area contributed by atoms with E-state index in [-0.39, 0.29) is 11.9 Å². The fraction of sp³-hybridized carbons (Fsp3) is 0.256. The second-order valence-corrected chi connectivity index (χ2v) is 29.9. The number of rotatable bonds is 18. The molecule has 1 unspecified atom stereocenters. The van der Waals surface area contributed by atoms with E-state index >= 15 is 0 Å². The smallest absolute Gasteiger partial charge is 0.213 e. The van der Waals surface area contributed by atoms with Gasteiger partial charge in [-0.2, -0.15) is 26.3 Å². The Balaban J connectivity index is 0.000000395. The van der Waals surface area contributed by atoms with Crippen LogP contribution < -0.4 is 0 Å². The minimum Gasteiger partial charge on any atom is -0.328 e. The second kappa shape index (κ2) is 54.0. The first-order chi connectivity index (χ1) is 48.4. The van der Waals surface area contributed by atoms with Crippen molar-refractivity contribution in [3.63, 3.8) is 0 Å². The van der Waals surface area contributed by atoms with Crippen LogP contribution in [0.3, 0.4) is 0 Å². The molecule has 0 aromatic heterocycles. The monoisotopic (exact) mass is 1430 g/mol. The van der Waals surface area contributed by atoms with Gasteiger partial charge in [-0.15, -0.1) is 0 Å². The Morgan fingerprint density at radius 2 is 0.850 bits per heavy atom. The highest BCUT2D eigenvalue weighted by molar-refractivity contribution is 9.09. The number of hydrogen-bond acceptors (Lipinski definition) is 11. The van der Waals surface area contributed by atoms with Crippen LogP contribution in [0.4, 0.5) is 0 Å². The number of hydrogen-bond donors (Lipinski definition) is 0. The molecule has 0 fully saturated rings. The summed E-state index contributed by atoms with van der Waals surface area (Å²) in [7, 11) is -4.69. The highest BCUT2D eigenvalue weighted by Crippen LogP contribution is 2.41. The van der Waals surface area contributed by atoms with E-state index in [1.54, 1.807) is 57.6 Å². The maximum atomic E-state index is 11.7. The van der Waals surface area contributed by atoms with Crippen molar-refractivity contribution in [2.45, 2.75) is 97.8 Å². The van der Waals surface area contributed by atoms with Gasteiger partial charge in [-0.3, -0.25) is 18.9 Å². The van der Waals surface area contributed by atoms with Gasteiger partial charge in [-0.1, -0.05) is 252 Å². The van der Waals surface area contributed by atoms with E-state index in [4.69, 9.17) is 30.8 Å². The number of nitrogens with zero attached hydrogens (tertiary/aromatic N) is 5. The molecule has 0 aliphatic heterocycles. The molecule has 0 spiro atoms. The van der Waals surface area contributed by atoms with Gasteiger partial charge in [0.1, 0.15) is 18.7 Å². The molecule has 0 bridgehead atoms. The molecule has 6 aromatic carbocycles. The molecule has 6 aromatic rings. The van der Waals surface area contributed by atoms with Crippen LogP contribution in [0, 0.1) is 56.7 Å². The number of nitriles is 5. The zero-order chi connectivity index (χ0) is 73.3. The summed E-state index contributed by atoms with van der Waals surface area (Å²) in [6.45, 7) is 10.6. The van der Waals surface area contributed by atoms with Crippen LogP contribution >= 0.6 is 30.4 Å². The minimum atomic E-state index is -2.55. The van der Waals surface area contributed by atoms with Gasteiger partial charge < -0.3 is 9.09 Å². The first-order valence-corrected chi connectivity index (χ1v) is 39.5. The molecular formula is C86H94BrN5O6P2. The molecule has 0 heterocycles. The molecular weight excluding hydrogens is 1340 g/mol. The van der Waals surface area contributed by atoms with Crippen molar-refractivity contribution < 1.29 is 28.0 Å². The van der Waals surface area contributed by atoms with Gasteiger partial charge in [0, 0.05) is 48.0 Å². The molecule has 0 saturated heterocycles. The topological polar surface area (TPSA) is 214 Å². The lowest BCUT2D eigenvalue weighted by Crippen LogP contribution is -1.92. The highest BCUT2D eigenvalue weighted by atomic mass is 79.9. The summed E-state index contributed by atoms with van der Waals surface area (Å²) in [5.41, 5.74) is 14.7. The van der Waals surface area contributed by atoms with Crippen molar-refractivity contribution in [3.05, 3.63) is 305 Å². The molecule has 1 atom stereocenters. The SMILES string of the molecule is C/C(=C\C#N)c1ccccc1.CC(=O)c1ccccc1.CCOP(C)(=O)CC#N.CP(C)(=O)C/C(=C/C#N)c1ccccc1.N#C/C=C(/C=C/C1=CCCCC1)c1ccccc1.N#C/C=C(\CBr)c1ccccc1.O=C/C=C(\C=C\C1=CCCCC1)c1ccccc1.O=CC1=CCCCC1. The number of benzene rings is 6. The number of carbonyl (C=O) groups is 3. The molecule has 0 amide bonds. The number of Topliss-reactive ketones (excluding diaryl/α,β-unsaturated/α-hetero) is 1. The largest absolute Gasteiger partial charge is 0.328 e. The van der Waals surface area contributed by atoms with Crippen molar-refractivity contribution in [2.24, 2.45) is 0 Å². The van der Waals surface area contributed by atoms with Crippen molar-refractivity contribution >= 4 is 76.7 Å². The molecule has 9 rings (SSSR count). The van der Waals surface area contributed by atoms with Crippen LogP contribution in [0.15, 0.2) is 272 Å². The number of halogens is 1. The molecule has 516 valence electrons. The lowest BCUT2D eigenvalue weighted by Gasteiger charge is -2.09. The molecule has 0 radical (unpaired) electrons. The third kappa shape index (κ3) is 40.7. The normalized spacial score (nSPS) is 14.1. The lowest BCUT2D eigenvalue weighted by atomic mass is 9.97. The van der Waals surface area contributed by atoms with E-state index in [0.29, 0.717) is 18.1 Å². The van der Waals surface area contributed by atoms with Crippen LogP contribution in [0.25, 0.3) is 27.9 Å². The van der Waals surface area contributed by atoms with E-state index in [9.17, 15) is 23.5 Å². The summed E-state index contributed by atoms with van der Waals surface area (Å²) in [6.07, 6.45) is 39.5. The number of ketones is 1. The zero-order valence-electron chi connectivity index (χ0n) is 58.7. The Labute approximate surface area is 604 Å². The van der Waals surface area contributed by atoms with E-state index in [0.717, 1.165) is 105 Å². The van der Waals surface area contributed by atoms with Gasteiger partial charge >= 0.3 is 0 Å². The van der Waals surface area contributed by atoms with Crippen molar-refractivity contribution in [3.8, 4) is 30.3 Å². The standard InChI is InChI=1S/C17H17N.C17H18O.C12H14NOP.C10H8BrN.C10H9N.C8H8O.C7H10O.C5H10NO2P/c2*18-14-13-17(16-9-5-2-6-10-16)12-11-15-7-3-1-4-8-15;1-15(2,14)10-12(8-9-13)11-6-4-3-5-7-11;11-8-10(6-7-12)9-4-2-1-3-5-9;1-9(7-8-11)10-5-3-2-4-6-10;1-7(9)8-5-3-2-4-6-8;8-6-7-4-2-1-3-5-7;1-3-8-9(2,7)5-4-6/h2,5-7,9-13H,1,3-4,8H2;2,5-7,9-14H,1,3-4,8H2;3-8H,10H2,1-2H3;1-6H,8H2;2-7H,1H3;2-6H,1H3;4,6H,1-3,5H2;3,5H2,1-2H3/b12-11+,17-13-;12-11+,17-13+;12-8-;10-6+;9-7+;;;. The van der Waals surface area contributed by atoms with E-state index < -0.39 is 14.5 Å². The Hall–Kier alpha value is -9.92. The highest BCUT2D eigenvalue weighted by Gasteiger charge is 2.14. The number of allylic oxidation sites excluding steroid dienone is 20. The first-order valence-electron chi connectivity index (χ1n) is 33.3. The first kappa shape index (κ1) is 86.2. The minimum absolute atomic E-state index is 0.0147. The molecule has 3 aliphatic rings. The van der Waals surface area contributed by atoms with E-state index in [1.807, 2.05) is 219 Å². The van der Waals surface area contributed by atoms with Gasteiger partial charge in [-0.25, -0.2) is 0 Å². The average Bonchev–Trinajstić information content (AvgIpc) is 1.15. The summed E-state index contributed by atoms with van der Waals surface area (Å²) in [6, 6.07) is 68.6. The van der Waals surface area contributed by atoms with Crippen LogP contribution in [0.5, 0.6) is 0 Å². The van der Waals surface area contributed by atoms with Crippen molar-refractivity contribution in [1.29, 1.82) is 26.3 Å². The maximum Gasteiger partial charge on any atom is 0.213 e. The Kier molecular flexibility index (Phi) is 46.6. The predicted octanol–water partition coefficient (Wildman–Crippen LogP) is 22.8. The van der Waals surface area contributed by atoms with Gasteiger partial charge in [0.15, 0.2) is 5.78 Å². The second-order valence-electron chi connectivity index (χ2n) is 23.3. The Bertz CT molecular complexity index is 4060. The van der Waals surface area contributed by atoms with Gasteiger partial charge in [0.05, 0.1) is 44.1 Å². The van der Waals surface area contributed by atoms with E-state index in [1.165, 1.54) is 75.3 Å². The summed E-state index contributed by atoms with van der Waals surface area (Å²) < 4.78 is 27.5. The lowest BCUT2D eigenvalue weighted by molar-refractivity contribution is -0.105. The molecule has 11 nitrogen and oxygen atoms in total. The summed E-state index contributed by atoms with van der Waals surface area (Å²) >= 11 is 3.33. The fourth-order valence-corrected chi connectivity index (χ4v) is 12.0. The molecule has 0 N–H and O–H groups in total. The number of aldehydes is 2. The third-order valence-electron chi connectivity index (χ3n) is 14.7. The third-order valence-corrected chi connectivity index (χ3v) is 17.9. The summed E-state index contributed by atoms with van der Waals surface area (Å²) in [5.74, 6) is 0.121. The van der Waals surface area contributed by atoms with Crippen LogP contribution in [0.1, 0.15) is 136 Å². The molecule has 0 saturated carbocycles. The van der Waals surface area contributed by atoms with Crippen molar-refractivity contribution in [1.82, 2.24) is 0 Å². The Morgan fingerprint density at radius 1 is 0.480 bits per heavy atom. The molecule has 14 heteroatoms. The van der Waals surface area contributed by atoms with Gasteiger partial charge in [-0.05, 0) is 178 Å². The average molecular weight is 1440 g/mol. The van der Waals surface area contributed by atoms with Crippen LogP contribution in [-0.4, -0.2) is 62.6 Å². The van der Waals surface area contributed by atoms with Gasteiger partial charge in [0.25, 0.3) is 0 Å². The fourth-order valence-electron chi connectivity index (χ4n) is 9.56. The summed E-state index contributed by atoms with van der Waals surface area (Å²) in [5, 5.41) is 43.2. The zero-order valence-corrected chi connectivity index (χ0v) is 62.0. The predicted molar refractivity (Wildman–Crippen MR) is 420 cm³/mol. The van der Waals surface area contributed by atoms with Gasteiger partial charge in [0.2, 0.25) is 7.37 Å². The van der Waals surface area contributed by atoms with Crippen LogP contribution in [-0.2, 0) is 23.2 Å². The molecule has 3 aliphatic carbocycles. The van der Waals surface area contributed by atoms with Crippen LogP contribution in [0.2, 0.25) is 0 Å². The van der Waals surface area contributed by atoms with Crippen molar-refractivity contribution in [2.75, 3.05) is 44.3 Å². The maximum absolute atomic E-state index is 11.7. The van der Waals surface area contributed by atoms with E-state index in [2.05, 4.69) is 52.4 Å². The number of carbonyl (C=O) groups excluding carboxylic acids is 3. The molecule has 100 heavy (non-hydrogen) atoms.